The van der Waals surface area contributed by atoms with Gasteiger partial charge in [0.05, 0.1) is 5.92 Å². The first-order chi connectivity index (χ1) is 9.08. The molecule has 0 aromatic carbocycles. The van der Waals surface area contributed by atoms with Gasteiger partial charge in [0.1, 0.15) is 0 Å². The van der Waals surface area contributed by atoms with Gasteiger partial charge in [-0.3, -0.25) is 9.69 Å². The zero-order valence-electron chi connectivity index (χ0n) is 12.8. The molecule has 1 saturated heterocycles. The topological polar surface area (TPSA) is 43.8 Å². The third-order valence-electron chi connectivity index (χ3n) is 4.18. The lowest BCUT2D eigenvalue weighted by molar-refractivity contribution is -0.141. The van der Waals surface area contributed by atoms with Gasteiger partial charge in [0.15, 0.2) is 0 Å². The molecule has 1 aliphatic heterocycles. The van der Waals surface area contributed by atoms with E-state index in [2.05, 4.69) is 23.6 Å². The highest BCUT2D eigenvalue weighted by Crippen LogP contribution is 2.18. The number of carboxylic acids is 1. The normalized spacial score (nSPS) is 23.3. The second kappa shape index (κ2) is 8.54. The number of carboxylic acid groups (broad SMARTS) is 1. The van der Waals surface area contributed by atoms with Crippen molar-refractivity contribution in [2.24, 2.45) is 5.92 Å². The van der Waals surface area contributed by atoms with Crippen molar-refractivity contribution < 1.29 is 9.90 Å². The number of rotatable bonds is 7. The van der Waals surface area contributed by atoms with Gasteiger partial charge in [-0.25, -0.2) is 0 Å². The summed E-state index contributed by atoms with van der Waals surface area (Å²) in [6.07, 6.45) is 4.85. The molecule has 1 aliphatic rings. The number of aliphatic carboxylic acids is 1. The van der Waals surface area contributed by atoms with Gasteiger partial charge in [0.2, 0.25) is 0 Å². The lowest BCUT2D eigenvalue weighted by atomic mass is 10.0. The summed E-state index contributed by atoms with van der Waals surface area (Å²) in [5, 5.41) is 9.06. The van der Waals surface area contributed by atoms with Crippen LogP contribution in [0.15, 0.2) is 0 Å². The predicted octanol–water partition coefficient (Wildman–Crippen LogP) is 2.29. The summed E-state index contributed by atoms with van der Waals surface area (Å²) in [5.41, 5.74) is 0. The van der Waals surface area contributed by atoms with Crippen molar-refractivity contribution in [1.29, 1.82) is 0 Å². The molecule has 0 aliphatic carbocycles. The fraction of sp³-hybridized carbons (Fsp3) is 0.933. The van der Waals surface area contributed by atoms with E-state index in [1.54, 1.807) is 0 Å². The van der Waals surface area contributed by atoms with Crippen LogP contribution in [0.1, 0.15) is 46.5 Å². The molecule has 4 heteroatoms. The summed E-state index contributed by atoms with van der Waals surface area (Å²) in [5.74, 6) is -0.949. The van der Waals surface area contributed by atoms with Gasteiger partial charge in [-0.15, -0.1) is 0 Å². The van der Waals surface area contributed by atoms with Crippen LogP contribution in [0.4, 0.5) is 0 Å². The van der Waals surface area contributed by atoms with Gasteiger partial charge in [0.25, 0.3) is 0 Å². The first-order valence-corrected chi connectivity index (χ1v) is 7.77. The number of hydrogen-bond donors (Lipinski definition) is 1. The molecule has 0 radical (unpaired) electrons. The molecular formula is C15H30N2O2. The van der Waals surface area contributed by atoms with E-state index in [1.165, 1.54) is 38.8 Å². The Kier molecular flexibility index (Phi) is 7.39. The van der Waals surface area contributed by atoms with E-state index in [9.17, 15) is 4.79 Å². The van der Waals surface area contributed by atoms with Gasteiger partial charge >= 0.3 is 5.97 Å². The number of nitrogens with zero attached hydrogens (tertiary/aromatic N) is 2. The third kappa shape index (κ3) is 5.49. The molecule has 0 saturated carbocycles. The highest BCUT2D eigenvalue weighted by molar-refractivity contribution is 5.69. The van der Waals surface area contributed by atoms with E-state index < -0.39 is 5.97 Å². The van der Waals surface area contributed by atoms with E-state index >= 15 is 0 Å². The quantitative estimate of drug-likeness (QED) is 0.771. The van der Waals surface area contributed by atoms with Gasteiger partial charge in [0, 0.05) is 12.6 Å². The number of hydrogen-bond acceptors (Lipinski definition) is 3. The fourth-order valence-corrected chi connectivity index (χ4v) is 3.01. The van der Waals surface area contributed by atoms with E-state index in [1.807, 2.05) is 6.92 Å². The van der Waals surface area contributed by atoms with Crippen molar-refractivity contribution in [3.63, 3.8) is 0 Å². The molecule has 2 atom stereocenters. The number of carbonyl (C=O) groups is 1. The van der Waals surface area contributed by atoms with Gasteiger partial charge in [-0.05, 0) is 51.9 Å². The van der Waals surface area contributed by atoms with Crippen molar-refractivity contribution in [2.75, 3.05) is 32.7 Å². The van der Waals surface area contributed by atoms with E-state index in [4.69, 9.17) is 5.11 Å². The fourth-order valence-electron chi connectivity index (χ4n) is 3.01. The minimum atomic E-state index is -0.681. The zero-order chi connectivity index (χ0) is 14.3. The van der Waals surface area contributed by atoms with Crippen LogP contribution >= 0.6 is 0 Å². The Morgan fingerprint density at radius 3 is 2.68 bits per heavy atom. The second-order valence-corrected chi connectivity index (χ2v) is 5.75. The molecular weight excluding hydrogens is 240 g/mol. The van der Waals surface area contributed by atoms with Crippen LogP contribution in [0.25, 0.3) is 0 Å². The highest BCUT2D eigenvalue weighted by atomic mass is 16.4. The van der Waals surface area contributed by atoms with E-state index in [-0.39, 0.29) is 5.92 Å². The van der Waals surface area contributed by atoms with Crippen LogP contribution in [0.5, 0.6) is 0 Å². The monoisotopic (exact) mass is 270 g/mol. The summed E-state index contributed by atoms with van der Waals surface area (Å²) < 4.78 is 0. The SMILES string of the molecule is CCCN1CCCC(N(CC)CC(C)C(=O)O)CC1. The van der Waals surface area contributed by atoms with Crippen LogP contribution in [-0.2, 0) is 4.79 Å². The molecule has 19 heavy (non-hydrogen) atoms. The summed E-state index contributed by atoms with van der Waals surface area (Å²) >= 11 is 0. The Balaban J connectivity index is 2.49. The summed E-state index contributed by atoms with van der Waals surface area (Å²) in [4.78, 5) is 15.9. The summed E-state index contributed by atoms with van der Waals surface area (Å²) in [6, 6.07) is 0.564. The smallest absolute Gasteiger partial charge is 0.307 e. The molecule has 112 valence electrons. The molecule has 1 heterocycles. The molecule has 1 fully saturated rings. The zero-order valence-corrected chi connectivity index (χ0v) is 12.8. The Morgan fingerprint density at radius 1 is 1.37 bits per heavy atom. The van der Waals surface area contributed by atoms with Crippen LogP contribution in [0.3, 0.4) is 0 Å². The molecule has 0 aromatic rings. The first-order valence-electron chi connectivity index (χ1n) is 7.77. The molecule has 0 bridgehead atoms. The third-order valence-corrected chi connectivity index (χ3v) is 4.18. The van der Waals surface area contributed by atoms with Crippen LogP contribution in [0.2, 0.25) is 0 Å². The maximum absolute atomic E-state index is 11.0. The molecule has 0 spiro atoms. The largest absolute Gasteiger partial charge is 0.481 e. The maximum atomic E-state index is 11.0. The molecule has 2 unspecified atom stereocenters. The van der Waals surface area contributed by atoms with Crippen LogP contribution < -0.4 is 0 Å². The van der Waals surface area contributed by atoms with Crippen molar-refractivity contribution in [1.82, 2.24) is 9.80 Å². The van der Waals surface area contributed by atoms with E-state index in [0.717, 1.165) is 13.1 Å². The van der Waals surface area contributed by atoms with Gasteiger partial charge < -0.3 is 10.0 Å². The molecule has 1 N–H and O–H groups in total. The van der Waals surface area contributed by atoms with E-state index in [0.29, 0.717) is 12.6 Å². The summed E-state index contributed by atoms with van der Waals surface area (Å²) in [6.45, 7) is 11.4. The van der Waals surface area contributed by atoms with Crippen molar-refractivity contribution in [3.8, 4) is 0 Å². The molecule has 0 amide bonds. The van der Waals surface area contributed by atoms with Gasteiger partial charge in [-0.1, -0.05) is 20.8 Å². The van der Waals surface area contributed by atoms with Crippen molar-refractivity contribution >= 4 is 5.97 Å². The maximum Gasteiger partial charge on any atom is 0.307 e. The number of likely N-dealkylation sites (tertiary alicyclic amines) is 1. The lowest BCUT2D eigenvalue weighted by Gasteiger charge is -2.31. The van der Waals surface area contributed by atoms with Crippen molar-refractivity contribution in [2.45, 2.75) is 52.5 Å². The lowest BCUT2D eigenvalue weighted by Crippen LogP contribution is -2.40. The molecule has 4 nitrogen and oxygen atoms in total. The molecule has 1 rings (SSSR count). The predicted molar refractivity (Wildman–Crippen MR) is 78.4 cm³/mol. The minimum absolute atomic E-state index is 0.269. The Labute approximate surface area is 117 Å². The standard InChI is InChI=1S/C15H30N2O2/c1-4-9-16-10-6-7-14(8-11-16)17(5-2)12-13(3)15(18)19/h13-14H,4-12H2,1-3H3,(H,18,19). The van der Waals surface area contributed by atoms with Crippen LogP contribution in [-0.4, -0.2) is 59.6 Å². The van der Waals surface area contributed by atoms with Crippen molar-refractivity contribution in [3.05, 3.63) is 0 Å². The van der Waals surface area contributed by atoms with Gasteiger partial charge in [-0.2, -0.15) is 0 Å². The Hall–Kier alpha value is -0.610. The Bertz CT molecular complexity index is 271. The average Bonchev–Trinajstić information content (AvgIpc) is 2.61. The summed E-state index contributed by atoms with van der Waals surface area (Å²) in [7, 11) is 0. The molecule has 0 aromatic heterocycles. The highest BCUT2D eigenvalue weighted by Gasteiger charge is 2.24. The Morgan fingerprint density at radius 2 is 2.11 bits per heavy atom. The second-order valence-electron chi connectivity index (χ2n) is 5.75. The van der Waals surface area contributed by atoms with Crippen LogP contribution in [0, 0.1) is 5.92 Å². The average molecular weight is 270 g/mol. The first kappa shape index (κ1) is 16.4. The minimum Gasteiger partial charge on any atom is -0.481 e.